The van der Waals surface area contributed by atoms with Crippen molar-refractivity contribution in [1.82, 2.24) is 9.71 Å². The Labute approximate surface area is 119 Å². The molecular formula is C12H19ClN2O3S. The number of nitrogens with zero attached hydrogens (tertiary/aromatic N) is 1. The average molecular weight is 307 g/mol. The van der Waals surface area contributed by atoms with Crippen molar-refractivity contribution >= 4 is 21.6 Å². The topological polar surface area (TPSA) is 68.3 Å². The van der Waals surface area contributed by atoms with E-state index in [1.807, 2.05) is 20.8 Å². The molecule has 108 valence electrons. The minimum absolute atomic E-state index is 0.0150. The molecule has 0 aliphatic heterocycles. The van der Waals surface area contributed by atoms with Gasteiger partial charge in [-0.15, -0.1) is 0 Å². The van der Waals surface area contributed by atoms with E-state index in [2.05, 4.69) is 9.71 Å². The maximum atomic E-state index is 12.2. The van der Waals surface area contributed by atoms with Crippen LogP contribution in [0, 0.1) is 5.92 Å². The van der Waals surface area contributed by atoms with Gasteiger partial charge in [0.25, 0.3) is 0 Å². The molecule has 1 unspecified atom stereocenters. The highest BCUT2D eigenvalue weighted by molar-refractivity contribution is 7.89. The normalized spacial score (nSPS) is 13.7. The summed E-state index contributed by atoms with van der Waals surface area (Å²) in [6.07, 6.45) is 1.45. The Hall–Kier alpha value is -0.690. The first kappa shape index (κ1) is 16.4. The van der Waals surface area contributed by atoms with Crippen LogP contribution in [0.25, 0.3) is 0 Å². The second kappa shape index (κ2) is 7.19. The van der Waals surface area contributed by atoms with Gasteiger partial charge >= 0.3 is 0 Å². The second-order valence-corrected chi connectivity index (χ2v) is 6.46. The summed E-state index contributed by atoms with van der Waals surface area (Å²) in [6.45, 7) is 6.59. The molecular weight excluding hydrogens is 288 g/mol. The molecule has 5 nitrogen and oxygen atoms in total. The molecule has 0 radical (unpaired) electrons. The third-order valence-corrected chi connectivity index (χ3v) is 4.56. The smallest absolute Gasteiger partial charge is 0.243 e. The van der Waals surface area contributed by atoms with E-state index >= 15 is 0 Å². The third-order valence-electron chi connectivity index (χ3n) is 2.63. The van der Waals surface area contributed by atoms with Crippen LogP contribution in [-0.2, 0) is 14.8 Å². The van der Waals surface area contributed by atoms with Gasteiger partial charge in [-0.05, 0) is 25.0 Å². The van der Waals surface area contributed by atoms with Crippen LogP contribution in [0.1, 0.15) is 20.8 Å². The van der Waals surface area contributed by atoms with Crippen LogP contribution in [0.2, 0.25) is 5.15 Å². The van der Waals surface area contributed by atoms with E-state index in [1.54, 1.807) is 0 Å². The molecule has 0 spiro atoms. The third kappa shape index (κ3) is 4.72. The van der Waals surface area contributed by atoms with Gasteiger partial charge in [-0.1, -0.05) is 25.4 Å². The van der Waals surface area contributed by atoms with E-state index in [0.717, 1.165) is 0 Å². The minimum atomic E-state index is -3.69. The Morgan fingerprint density at radius 3 is 2.68 bits per heavy atom. The van der Waals surface area contributed by atoms with Crippen molar-refractivity contribution in [3.8, 4) is 0 Å². The number of sulfonamides is 1. The molecule has 0 amide bonds. The SMILES string of the molecule is CCOCC(NS(=O)(=O)c1cccnc1Cl)C(C)C. The van der Waals surface area contributed by atoms with Gasteiger partial charge in [0.05, 0.1) is 6.61 Å². The number of aromatic nitrogens is 1. The van der Waals surface area contributed by atoms with Gasteiger partial charge in [0.1, 0.15) is 10.0 Å². The van der Waals surface area contributed by atoms with Crippen molar-refractivity contribution in [2.24, 2.45) is 5.92 Å². The molecule has 1 atom stereocenters. The lowest BCUT2D eigenvalue weighted by Gasteiger charge is -2.22. The first-order valence-corrected chi connectivity index (χ1v) is 7.95. The van der Waals surface area contributed by atoms with Gasteiger partial charge < -0.3 is 4.74 Å². The van der Waals surface area contributed by atoms with E-state index in [1.165, 1.54) is 18.3 Å². The number of ether oxygens (including phenoxy) is 1. The average Bonchev–Trinajstić information content (AvgIpc) is 2.34. The summed E-state index contributed by atoms with van der Waals surface area (Å²) in [6, 6.07) is 2.66. The lowest BCUT2D eigenvalue weighted by Crippen LogP contribution is -2.41. The fourth-order valence-electron chi connectivity index (χ4n) is 1.44. The standard InChI is InChI=1S/C12H19ClN2O3S/c1-4-18-8-10(9(2)3)15-19(16,17)11-6-5-7-14-12(11)13/h5-7,9-10,15H,4,8H2,1-3H3. The molecule has 1 N–H and O–H groups in total. The zero-order chi connectivity index (χ0) is 14.5. The number of nitrogens with one attached hydrogen (secondary N) is 1. The van der Waals surface area contributed by atoms with E-state index < -0.39 is 10.0 Å². The molecule has 0 saturated carbocycles. The van der Waals surface area contributed by atoms with Gasteiger partial charge in [0.15, 0.2) is 0 Å². The molecule has 1 heterocycles. The molecule has 0 fully saturated rings. The van der Waals surface area contributed by atoms with Crippen LogP contribution in [0.3, 0.4) is 0 Å². The Kier molecular flexibility index (Phi) is 6.19. The fraction of sp³-hybridized carbons (Fsp3) is 0.583. The number of pyridine rings is 1. The molecule has 0 aliphatic carbocycles. The Bertz CT molecular complexity index is 505. The van der Waals surface area contributed by atoms with E-state index in [4.69, 9.17) is 16.3 Å². The van der Waals surface area contributed by atoms with Gasteiger partial charge in [-0.25, -0.2) is 18.1 Å². The number of halogens is 1. The second-order valence-electron chi connectivity index (χ2n) is 4.42. The zero-order valence-corrected chi connectivity index (χ0v) is 12.8. The summed E-state index contributed by atoms with van der Waals surface area (Å²) in [5.74, 6) is 0.108. The van der Waals surface area contributed by atoms with Crippen molar-refractivity contribution in [1.29, 1.82) is 0 Å². The van der Waals surface area contributed by atoms with Crippen molar-refractivity contribution in [3.05, 3.63) is 23.5 Å². The van der Waals surface area contributed by atoms with Gasteiger partial charge in [-0.2, -0.15) is 0 Å². The van der Waals surface area contributed by atoms with Crippen molar-refractivity contribution < 1.29 is 13.2 Å². The highest BCUT2D eigenvalue weighted by atomic mass is 35.5. The lowest BCUT2D eigenvalue weighted by atomic mass is 10.1. The molecule has 0 saturated heterocycles. The molecule has 1 aromatic rings. The van der Waals surface area contributed by atoms with Crippen LogP contribution in [0.15, 0.2) is 23.2 Å². The highest BCUT2D eigenvalue weighted by Gasteiger charge is 2.24. The van der Waals surface area contributed by atoms with Gasteiger partial charge in [-0.3, -0.25) is 0 Å². The van der Waals surface area contributed by atoms with Crippen LogP contribution < -0.4 is 4.72 Å². The fourth-order valence-corrected chi connectivity index (χ4v) is 3.26. The van der Waals surface area contributed by atoms with Crippen molar-refractivity contribution in [3.63, 3.8) is 0 Å². The number of rotatable bonds is 7. The summed E-state index contributed by atoms with van der Waals surface area (Å²) < 4.78 is 32.4. The predicted octanol–water partition coefficient (Wildman–Crippen LogP) is 2.07. The Morgan fingerprint density at radius 1 is 1.47 bits per heavy atom. The molecule has 1 aromatic heterocycles. The van der Waals surface area contributed by atoms with Crippen LogP contribution in [0.5, 0.6) is 0 Å². The molecule has 0 bridgehead atoms. The zero-order valence-electron chi connectivity index (χ0n) is 11.3. The summed E-state index contributed by atoms with van der Waals surface area (Å²) in [5.41, 5.74) is 0. The Balaban J connectivity index is 2.91. The summed E-state index contributed by atoms with van der Waals surface area (Å²) >= 11 is 5.81. The molecule has 7 heteroatoms. The molecule has 19 heavy (non-hydrogen) atoms. The maximum Gasteiger partial charge on any atom is 0.243 e. The monoisotopic (exact) mass is 306 g/mol. The molecule has 0 aliphatic rings. The summed E-state index contributed by atoms with van der Waals surface area (Å²) in [7, 11) is -3.69. The Morgan fingerprint density at radius 2 is 2.16 bits per heavy atom. The number of hydrogen-bond donors (Lipinski definition) is 1. The van der Waals surface area contributed by atoms with Crippen molar-refractivity contribution in [2.75, 3.05) is 13.2 Å². The van der Waals surface area contributed by atoms with E-state index in [0.29, 0.717) is 13.2 Å². The quantitative estimate of drug-likeness (QED) is 0.783. The maximum absolute atomic E-state index is 12.2. The lowest BCUT2D eigenvalue weighted by molar-refractivity contribution is 0.116. The predicted molar refractivity (Wildman–Crippen MR) is 74.7 cm³/mol. The van der Waals surface area contributed by atoms with Crippen molar-refractivity contribution in [2.45, 2.75) is 31.7 Å². The first-order valence-electron chi connectivity index (χ1n) is 6.09. The molecule has 1 rings (SSSR count). The number of hydrogen-bond acceptors (Lipinski definition) is 4. The largest absolute Gasteiger partial charge is 0.380 e. The summed E-state index contributed by atoms with van der Waals surface area (Å²) in [5, 5.41) is -0.0334. The van der Waals surface area contributed by atoms with Crippen LogP contribution in [-0.4, -0.2) is 32.7 Å². The van der Waals surface area contributed by atoms with E-state index in [9.17, 15) is 8.42 Å². The highest BCUT2D eigenvalue weighted by Crippen LogP contribution is 2.18. The summed E-state index contributed by atoms with van der Waals surface area (Å²) in [4.78, 5) is 3.76. The first-order chi connectivity index (χ1) is 8.88. The van der Waals surface area contributed by atoms with E-state index in [-0.39, 0.29) is 22.0 Å². The van der Waals surface area contributed by atoms with Crippen LogP contribution >= 0.6 is 11.6 Å². The van der Waals surface area contributed by atoms with Gasteiger partial charge in [0.2, 0.25) is 10.0 Å². The van der Waals surface area contributed by atoms with Gasteiger partial charge in [0, 0.05) is 18.8 Å². The minimum Gasteiger partial charge on any atom is -0.380 e. The van der Waals surface area contributed by atoms with Crippen LogP contribution in [0.4, 0.5) is 0 Å². The molecule has 0 aromatic carbocycles.